The van der Waals surface area contributed by atoms with Crippen molar-refractivity contribution < 1.29 is 23.3 Å². The van der Waals surface area contributed by atoms with Gasteiger partial charge in [0.1, 0.15) is 11.9 Å². The smallest absolute Gasteiger partial charge is 0.327 e. The fourth-order valence-corrected chi connectivity index (χ4v) is 2.97. The summed E-state index contributed by atoms with van der Waals surface area (Å²) < 4.78 is 25.3. The Morgan fingerprint density at radius 1 is 1.50 bits per heavy atom. The van der Waals surface area contributed by atoms with Gasteiger partial charge in [-0.2, -0.15) is 0 Å². The van der Waals surface area contributed by atoms with Crippen LogP contribution in [0.25, 0.3) is 0 Å². The van der Waals surface area contributed by atoms with Gasteiger partial charge in [0.25, 0.3) is 0 Å². The Kier molecular flexibility index (Phi) is 6.09. The van der Waals surface area contributed by atoms with E-state index in [2.05, 4.69) is 5.32 Å². The second-order valence-corrected chi connectivity index (χ2v) is 6.02. The van der Waals surface area contributed by atoms with Crippen molar-refractivity contribution >= 4 is 34.3 Å². The third-order valence-corrected chi connectivity index (χ3v) is 3.93. The molecule has 0 saturated carbocycles. The molecule has 0 aliphatic rings. The largest absolute Gasteiger partial charge is 0.480 e. The van der Waals surface area contributed by atoms with Crippen LogP contribution in [0.1, 0.15) is 12.5 Å². The molecule has 1 amide bonds. The van der Waals surface area contributed by atoms with Gasteiger partial charge in [-0.3, -0.25) is 9.00 Å². The van der Waals surface area contributed by atoms with Crippen molar-refractivity contribution in [2.45, 2.75) is 18.7 Å². The molecule has 2 N–H and O–H groups in total. The number of carbonyl (C=O) groups excluding carboxylic acids is 1. The van der Waals surface area contributed by atoms with Crippen molar-refractivity contribution in [3.63, 3.8) is 0 Å². The second-order valence-electron chi connectivity index (χ2n) is 4.08. The average molecular weight is 322 g/mol. The van der Waals surface area contributed by atoms with Crippen LogP contribution in [0.15, 0.2) is 18.2 Å². The van der Waals surface area contributed by atoms with Gasteiger partial charge in [-0.1, -0.05) is 11.6 Å². The number of hydrogen-bond acceptors (Lipinski definition) is 3. The highest BCUT2D eigenvalue weighted by atomic mass is 35.5. The fourth-order valence-electron chi connectivity index (χ4n) is 1.49. The molecule has 2 unspecified atom stereocenters. The highest BCUT2D eigenvalue weighted by Crippen LogP contribution is 2.16. The molecule has 0 bridgehead atoms. The SMILES string of the molecule is CC(=O)NC(CS(=O)Cc1cc(Cl)ccc1F)C(=O)O. The molecule has 110 valence electrons. The van der Waals surface area contributed by atoms with Gasteiger partial charge in [-0.15, -0.1) is 0 Å². The molecule has 0 aliphatic carbocycles. The fraction of sp³-hybridized carbons (Fsp3) is 0.333. The van der Waals surface area contributed by atoms with Crippen LogP contribution >= 0.6 is 11.6 Å². The number of aliphatic carboxylic acids is 1. The maximum absolute atomic E-state index is 13.5. The molecule has 0 radical (unpaired) electrons. The first-order valence-electron chi connectivity index (χ1n) is 5.58. The van der Waals surface area contributed by atoms with Crippen molar-refractivity contribution in [3.05, 3.63) is 34.6 Å². The number of amides is 1. The molecule has 5 nitrogen and oxygen atoms in total. The first kappa shape index (κ1) is 16.6. The average Bonchev–Trinajstić information content (AvgIpc) is 2.32. The Hall–Kier alpha value is -1.47. The Bertz CT molecular complexity index is 552. The van der Waals surface area contributed by atoms with Crippen molar-refractivity contribution in [1.29, 1.82) is 0 Å². The van der Waals surface area contributed by atoms with E-state index in [0.29, 0.717) is 5.02 Å². The third kappa shape index (κ3) is 5.26. The molecule has 1 rings (SSSR count). The van der Waals surface area contributed by atoms with Gasteiger partial charge in [0.05, 0.1) is 11.5 Å². The number of carboxylic acid groups (broad SMARTS) is 1. The van der Waals surface area contributed by atoms with E-state index in [4.69, 9.17) is 16.7 Å². The molecular weight excluding hydrogens is 309 g/mol. The monoisotopic (exact) mass is 321 g/mol. The normalized spacial score (nSPS) is 13.6. The molecular formula is C12H13ClFNO4S. The summed E-state index contributed by atoms with van der Waals surface area (Å²) in [5.41, 5.74) is 0.141. The Labute approximate surface area is 122 Å². The molecule has 1 aromatic rings. The van der Waals surface area contributed by atoms with Crippen LogP contribution in [0.5, 0.6) is 0 Å². The van der Waals surface area contributed by atoms with E-state index in [1.54, 1.807) is 0 Å². The van der Waals surface area contributed by atoms with Crippen molar-refractivity contribution in [2.24, 2.45) is 0 Å². The van der Waals surface area contributed by atoms with Gasteiger partial charge in [0.2, 0.25) is 5.91 Å². The lowest BCUT2D eigenvalue weighted by atomic mass is 10.2. The predicted octanol–water partition coefficient (Wildman–Crippen LogP) is 1.32. The van der Waals surface area contributed by atoms with Crippen molar-refractivity contribution in [1.82, 2.24) is 5.32 Å². The molecule has 0 aromatic heterocycles. The summed E-state index contributed by atoms with van der Waals surface area (Å²) in [6.07, 6.45) is 0. The topological polar surface area (TPSA) is 83.5 Å². The highest BCUT2D eigenvalue weighted by molar-refractivity contribution is 7.84. The Morgan fingerprint density at radius 2 is 2.15 bits per heavy atom. The summed E-state index contributed by atoms with van der Waals surface area (Å²) in [6.45, 7) is 1.16. The lowest BCUT2D eigenvalue weighted by Gasteiger charge is -2.13. The quantitative estimate of drug-likeness (QED) is 0.827. The van der Waals surface area contributed by atoms with E-state index in [0.717, 1.165) is 13.0 Å². The molecule has 0 aliphatic heterocycles. The Balaban J connectivity index is 2.72. The summed E-state index contributed by atoms with van der Waals surface area (Å²) in [4.78, 5) is 21.7. The molecule has 8 heteroatoms. The maximum Gasteiger partial charge on any atom is 0.327 e. The van der Waals surface area contributed by atoms with Crippen LogP contribution in [-0.2, 0) is 26.1 Å². The van der Waals surface area contributed by atoms with Gasteiger partial charge < -0.3 is 10.4 Å². The lowest BCUT2D eigenvalue weighted by molar-refractivity contribution is -0.140. The summed E-state index contributed by atoms with van der Waals surface area (Å²) in [5.74, 6) is -2.87. The number of hydrogen-bond donors (Lipinski definition) is 2. The van der Waals surface area contributed by atoms with Crippen LogP contribution in [-0.4, -0.2) is 33.0 Å². The van der Waals surface area contributed by atoms with Crippen molar-refractivity contribution in [3.8, 4) is 0 Å². The van der Waals surface area contributed by atoms with E-state index in [1.807, 2.05) is 0 Å². The zero-order valence-electron chi connectivity index (χ0n) is 10.6. The van der Waals surface area contributed by atoms with E-state index in [-0.39, 0.29) is 17.1 Å². The van der Waals surface area contributed by atoms with Gasteiger partial charge in [0, 0.05) is 28.3 Å². The molecule has 2 atom stereocenters. The number of carboxylic acids is 1. The van der Waals surface area contributed by atoms with Crippen molar-refractivity contribution in [2.75, 3.05) is 5.75 Å². The molecule has 0 saturated heterocycles. The first-order chi connectivity index (χ1) is 9.29. The maximum atomic E-state index is 13.5. The number of rotatable bonds is 6. The Morgan fingerprint density at radius 3 is 2.70 bits per heavy atom. The van der Waals surface area contributed by atoms with Crippen LogP contribution in [0.3, 0.4) is 0 Å². The van der Waals surface area contributed by atoms with E-state index in [1.165, 1.54) is 12.1 Å². The standard InChI is InChI=1S/C12H13ClFNO4S/c1-7(16)15-11(12(17)18)6-20(19)5-8-4-9(13)2-3-10(8)14/h2-4,11H,5-6H2,1H3,(H,15,16)(H,17,18). The van der Waals surface area contributed by atoms with Gasteiger partial charge >= 0.3 is 5.97 Å². The number of halogens is 2. The number of carbonyl (C=O) groups is 2. The number of nitrogens with one attached hydrogen (secondary N) is 1. The molecule has 0 fully saturated rings. The summed E-state index contributed by atoms with van der Waals surface area (Å²) in [7, 11) is -1.65. The molecule has 0 spiro atoms. The summed E-state index contributed by atoms with van der Waals surface area (Å²) in [6, 6.07) is 2.58. The zero-order valence-corrected chi connectivity index (χ0v) is 12.1. The molecule has 1 aromatic carbocycles. The summed E-state index contributed by atoms with van der Waals surface area (Å²) in [5, 5.41) is 11.4. The summed E-state index contributed by atoms with van der Waals surface area (Å²) >= 11 is 5.71. The minimum atomic E-state index is -1.65. The van der Waals surface area contributed by atoms with Crippen LogP contribution in [0, 0.1) is 5.82 Å². The first-order valence-corrected chi connectivity index (χ1v) is 7.45. The third-order valence-electron chi connectivity index (χ3n) is 2.35. The van der Waals surface area contributed by atoms with Gasteiger partial charge in [-0.25, -0.2) is 9.18 Å². The van der Waals surface area contributed by atoms with Crippen LogP contribution in [0.2, 0.25) is 5.02 Å². The minimum absolute atomic E-state index is 0.141. The van der Waals surface area contributed by atoms with Crippen LogP contribution < -0.4 is 5.32 Å². The van der Waals surface area contributed by atoms with Gasteiger partial charge in [-0.05, 0) is 18.2 Å². The second kappa shape index (κ2) is 7.35. The van der Waals surface area contributed by atoms with E-state index < -0.39 is 34.5 Å². The molecule has 0 heterocycles. The number of benzene rings is 1. The lowest BCUT2D eigenvalue weighted by Crippen LogP contribution is -2.43. The van der Waals surface area contributed by atoms with Gasteiger partial charge in [0.15, 0.2) is 0 Å². The highest BCUT2D eigenvalue weighted by Gasteiger charge is 2.21. The predicted molar refractivity (Wildman–Crippen MR) is 73.4 cm³/mol. The van der Waals surface area contributed by atoms with E-state index in [9.17, 15) is 18.2 Å². The minimum Gasteiger partial charge on any atom is -0.480 e. The zero-order chi connectivity index (χ0) is 15.3. The molecule has 20 heavy (non-hydrogen) atoms. The van der Waals surface area contributed by atoms with Crippen LogP contribution in [0.4, 0.5) is 4.39 Å². The van der Waals surface area contributed by atoms with E-state index >= 15 is 0 Å².